The summed E-state index contributed by atoms with van der Waals surface area (Å²) in [4.78, 5) is 2.35. The Bertz CT molecular complexity index is 134. The lowest BCUT2D eigenvalue weighted by Crippen LogP contribution is -2.36. The van der Waals surface area contributed by atoms with Crippen molar-refractivity contribution in [3.63, 3.8) is 0 Å². The molecule has 0 radical (unpaired) electrons. The molecule has 0 heterocycles. The molecule has 12 heavy (non-hydrogen) atoms. The van der Waals surface area contributed by atoms with Gasteiger partial charge in [-0.3, -0.25) is 5.41 Å². The summed E-state index contributed by atoms with van der Waals surface area (Å²) >= 11 is 0. The first kappa shape index (κ1) is 11.4. The maximum absolute atomic E-state index is 7.18. The van der Waals surface area contributed by atoms with E-state index in [0.29, 0.717) is 12.5 Å². The van der Waals surface area contributed by atoms with Crippen molar-refractivity contribution in [2.75, 3.05) is 13.1 Å². The first-order valence-corrected chi connectivity index (χ1v) is 4.68. The van der Waals surface area contributed by atoms with E-state index in [4.69, 9.17) is 11.1 Å². The van der Waals surface area contributed by atoms with Crippen molar-refractivity contribution in [3.05, 3.63) is 0 Å². The lowest BCUT2D eigenvalue weighted by Gasteiger charge is -2.26. The van der Waals surface area contributed by atoms with E-state index in [1.807, 2.05) is 0 Å². The SMILES string of the molecule is CCCN(CC)C(C)CC(=N)N. The van der Waals surface area contributed by atoms with Crippen molar-refractivity contribution < 1.29 is 0 Å². The highest BCUT2D eigenvalue weighted by Crippen LogP contribution is 2.03. The third-order valence-corrected chi connectivity index (χ3v) is 2.06. The van der Waals surface area contributed by atoms with Gasteiger partial charge in [-0.2, -0.15) is 0 Å². The lowest BCUT2D eigenvalue weighted by atomic mass is 10.2. The molecule has 0 rings (SSSR count). The van der Waals surface area contributed by atoms with Gasteiger partial charge in [0.2, 0.25) is 0 Å². The Kier molecular flexibility index (Phi) is 5.72. The molecule has 0 aliphatic heterocycles. The largest absolute Gasteiger partial charge is 0.388 e. The molecule has 0 amide bonds. The molecule has 0 saturated carbocycles. The third kappa shape index (κ3) is 4.34. The molecule has 3 N–H and O–H groups in total. The van der Waals surface area contributed by atoms with E-state index in [9.17, 15) is 0 Å². The number of nitrogens with zero attached hydrogens (tertiary/aromatic N) is 1. The van der Waals surface area contributed by atoms with Crippen molar-refractivity contribution in [2.45, 2.75) is 39.7 Å². The van der Waals surface area contributed by atoms with Crippen LogP contribution in [0.25, 0.3) is 0 Å². The van der Waals surface area contributed by atoms with E-state index in [2.05, 4.69) is 25.7 Å². The van der Waals surface area contributed by atoms with E-state index < -0.39 is 0 Å². The standard InChI is InChI=1S/C9H21N3/c1-4-6-12(5-2)8(3)7-9(10)11/h8H,4-7H2,1-3H3,(H3,10,11). The predicted molar refractivity (Wildman–Crippen MR) is 53.5 cm³/mol. The topological polar surface area (TPSA) is 53.1 Å². The molecule has 1 atom stereocenters. The highest BCUT2D eigenvalue weighted by atomic mass is 15.1. The summed E-state index contributed by atoms with van der Waals surface area (Å²) in [6, 6.07) is 0.410. The maximum atomic E-state index is 7.18. The molecular weight excluding hydrogens is 150 g/mol. The smallest absolute Gasteiger partial charge is 0.0920 e. The summed E-state index contributed by atoms with van der Waals surface area (Å²) in [6.07, 6.45) is 1.85. The monoisotopic (exact) mass is 171 g/mol. The molecule has 0 aromatic rings. The number of rotatable bonds is 6. The molecule has 3 heteroatoms. The van der Waals surface area contributed by atoms with Gasteiger partial charge in [0.15, 0.2) is 0 Å². The van der Waals surface area contributed by atoms with Gasteiger partial charge in [0.1, 0.15) is 0 Å². The lowest BCUT2D eigenvalue weighted by molar-refractivity contribution is 0.224. The van der Waals surface area contributed by atoms with Gasteiger partial charge in [0.05, 0.1) is 5.84 Å². The Hall–Kier alpha value is -0.570. The minimum Gasteiger partial charge on any atom is -0.388 e. The van der Waals surface area contributed by atoms with Crippen LogP contribution in [-0.2, 0) is 0 Å². The van der Waals surface area contributed by atoms with Gasteiger partial charge >= 0.3 is 0 Å². The van der Waals surface area contributed by atoms with Crippen LogP contribution in [0.15, 0.2) is 0 Å². The normalized spacial score (nSPS) is 13.3. The number of nitrogens with two attached hydrogens (primary N) is 1. The van der Waals surface area contributed by atoms with E-state index in [-0.39, 0.29) is 5.84 Å². The first-order valence-electron chi connectivity index (χ1n) is 4.68. The van der Waals surface area contributed by atoms with Crippen molar-refractivity contribution >= 4 is 5.84 Å². The molecule has 0 aromatic carbocycles. The maximum Gasteiger partial charge on any atom is 0.0920 e. The van der Waals surface area contributed by atoms with Crippen molar-refractivity contribution in [1.82, 2.24) is 4.90 Å². The molecule has 72 valence electrons. The Morgan fingerprint density at radius 2 is 2.08 bits per heavy atom. The van der Waals surface area contributed by atoms with Crippen LogP contribution >= 0.6 is 0 Å². The number of hydrogen-bond donors (Lipinski definition) is 2. The average molecular weight is 171 g/mol. The van der Waals surface area contributed by atoms with Gasteiger partial charge in [-0.25, -0.2) is 0 Å². The Labute approximate surface area is 75.4 Å². The zero-order valence-corrected chi connectivity index (χ0v) is 8.43. The second-order valence-electron chi connectivity index (χ2n) is 3.21. The minimum absolute atomic E-state index is 0.289. The Morgan fingerprint density at radius 1 is 1.50 bits per heavy atom. The van der Waals surface area contributed by atoms with E-state index >= 15 is 0 Å². The molecule has 0 spiro atoms. The fourth-order valence-electron chi connectivity index (χ4n) is 1.42. The summed E-state index contributed by atoms with van der Waals surface area (Å²) in [7, 11) is 0. The highest BCUT2D eigenvalue weighted by Gasteiger charge is 2.11. The van der Waals surface area contributed by atoms with Crippen molar-refractivity contribution in [3.8, 4) is 0 Å². The van der Waals surface area contributed by atoms with Crippen LogP contribution in [0.5, 0.6) is 0 Å². The van der Waals surface area contributed by atoms with Crippen LogP contribution < -0.4 is 5.73 Å². The van der Waals surface area contributed by atoms with Gasteiger partial charge in [-0.15, -0.1) is 0 Å². The quantitative estimate of drug-likeness (QED) is 0.469. The van der Waals surface area contributed by atoms with Gasteiger partial charge in [-0.1, -0.05) is 13.8 Å². The van der Waals surface area contributed by atoms with E-state index in [0.717, 1.165) is 19.5 Å². The second kappa shape index (κ2) is 6.00. The molecule has 0 bridgehead atoms. The number of nitrogens with one attached hydrogen (secondary N) is 1. The molecular formula is C9H21N3. The van der Waals surface area contributed by atoms with E-state index in [1.165, 1.54) is 0 Å². The molecule has 0 aliphatic carbocycles. The number of hydrogen-bond acceptors (Lipinski definition) is 2. The second-order valence-corrected chi connectivity index (χ2v) is 3.21. The molecule has 0 fully saturated rings. The summed E-state index contributed by atoms with van der Waals surface area (Å²) in [5.41, 5.74) is 5.34. The van der Waals surface area contributed by atoms with Crippen LogP contribution in [-0.4, -0.2) is 29.9 Å². The number of amidine groups is 1. The highest BCUT2D eigenvalue weighted by molar-refractivity contribution is 5.77. The molecule has 0 aliphatic rings. The first-order chi connectivity index (χ1) is 5.61. The van der Waals surface area contributed by atoms with Gasteiger partial charge in [-0.05, 0) is 26.4 Å². The van der Waals surface area contributed by atoms with Crippen LogP contribution in [0, 0.1) is 5.41 Å². The fraction of sp³-hybridized carbons (Fsp3) is 0.889. The van der Waals surface area contributed by atoms with Crippen molar-refractivity contribution in [1.29, 1.82) is 5.41 Å². The van der Waals surface area contributed by atoms with Crippen LogP contribution in [0.3, 0.4) is 0 Å². The van der Waals surface area contributed by atoms with Crippen LogP contribution in [0.2, 0.25) is 0 Å². The van der Waals surface area contributed by atoms with Gasteiger partial charge in [0.25, 0.3) is 0 Å². The predicted octanol–water partition coefficient (Wildman–Crippen LogP) is 1.43. The molecule has 1 unspecified atom stereocenters. The summed E-state index contributed by atoms with van der Waals surface area (Å²) in [5, 5.41) is 7.18. The van der Waals surface area contributed by atoms with Crippen molar-refractivity contribution in [2.24, 2.45) is 5.73 Å². The molecule has 0 saturated heterocycles. The third-order valence-electron chi connectivity index (χ3n) is 2.06. The van der Waals surface area contributed by atoms with Gasteiger partial charge in [0, 0.05) is 12.5 Å². The molecule has 0 aromatic heterocycles. The summed E-state index contributed by atoms with van der Waals surface area (Å²) < 4.78 is 0. The Balaban J connectivity index is 3.84. The van der Waals surface area contributed by atoms with E-state index in [1.54, 1.807) is 0 Å². The van der Waals surface area contributed by atoms with Crippen LogP contribution in [0.4, 0.5) is 0 Å². The summed E-state index contributed by atoms with van der Waals surface area (Å²) in [5.74, 6) is 0.289. The average Bonchev–Trinajstić information content (AvgIpc) is 1.98. The Morgan fingerprint density at radius 3 is 2.42 bits per heavy atom. The fourth-order valence-corrected chi connectivity index (χ4v) is 1.42. The van der Waals surface area contributed by atoms with Crippen LogP contribution in [0.1, 0.15) is 33.6 Å². The molecule has 3 nitrogen and oxygen atoms in total. The zero-order valence-electron chi connectivity index (χ0n) is 8.43. The zero-order chi connectivity index (χ0) is 9.56. The minimum atomic E-state index is 0.289. The summed E-state index contributed by atoms with van der Waals surface area (Å²) in [6.45, 7) is 8.59. The van der Waals surface area contributed by atoms with Gasteiger partial charge < -0.3 is 10.6 Å².